The SMILES string of the molecule is CCNC(=NCc1cccc(CN2CCCC2=O)c1)NCCc1ncc(C)s1. The van der Waals surface area contributed by atoms with Crippen LogP contribution in [-0.4, -0.2) is 41.4 Å². The number of hydrogen-bond donors (Lipinski definition) is 2. The van der Waals surface area contributed by atoms with Crippen LogP contribution in [0.5, 0.6) is 0 Å². The Balaban J connectivity index is 1.54. The molecule has 6 nitrogen and oxygen atoms in total. The Bertz CT molecular complexity index is 817. The van der Waals surface area contributed by atoms with Crippen LogP contribution in [0.15, 0.2) is 35.5 Å². The van der Waals surface area contributed by atoms with Gasteiger partial charge < -0.3 is 15.5 Å². The van der Waals surface area contributed by atoms with Crippen LogP contribution < -0.4 is 10.6 Å². The normalized spacial score (nSPS) is 14.6. The van der Waals surface area contributed by atoms with Gasteiger partial charge in [0.25, 0.3) is 0 Å². The van der Waals surface area contributed by atoms with Crippen LogP contribution in [0.2, 0.25) is 0 Å². The number of amides is 1. The van der Waals surface area contributed by atoms with E-state index in [9.17, 15) is 4.79 Å². The smallest absolute Gasteiger partial charge is 0.222 e. The Morgan fingerprint density at radius 2 is 2.18 bits per heavy atom. The molecule has 0 radical (unpaired) electrons. The van der Waals surface area contributed by atoms with Crippen LogP contribution >= 0.6 is 11.3 Å². The summed E-state index contributed by atoms with van der Waals surface area (Å²) >= 11 is 1.74. The van der Waals surface area contributed by atoms with Gasteiger partial charge in [0.1, 0.15) is 0 Å². The molecule has 1 aromatic carbocycles. The van der Waals surface area contributed by atoms with E-state index >= 15 is 0 Å². The van der Waals surface area contributed by atoms with E-state index in [4.69, 9.17) is 4.99 Å². The average molecular weight is 400 g/mol. The van der Waals surface area contributed by atoms with Crippen LogP contribution in [-0.2, 0) is 24.3 Å². The second kappa shape index (κ2) is 10.2. The van der Waals surface area contributed by atoms with Crippen molar-refractivity contribution in [3.8, 4) is 0 Å². The summed E-state index contributed by atoms with van der Waals surface area (Å²) in [5.41, 5.74) is 2.32. The van der Waals surface area contributed by atoms with Crippen molar-refractivity contribution in [3.05, 3.63) is 51.5 Å². The Morgan fingerprint density at radius 1 is 1.32 bits per heavy atom. The summed E-state index contributed by atoms with van der Waals surface area (Å²) in [5, 5.41) is 7.82. The first kappa shape index (κ1) is 20.3. The van der Waals surface area contributed by atoms with E-state index in [1.54, 1.807) is 11.3 Å². The number of hydrogen-bond acceptors (Lipinski definition) is 4. The predicted molar refractivity (Wildman–Crippen MR) is 114 cm³/mol. The molecule has 0 spiro atoms. The first-order valence-corrected chi connectivity index (χ1v) is 10.7. The lowest BCUT2D eigenvalue weighted by molar-refractivity contribution is -0.128. The lowest BCUT2D eigenvalue weighted by Crippen LogP contribution is -2.38. The number of thiazole rings is 1. The Kier molecular flexibility index (Phi) is 7.42. The molecule has 1 aromatic heterocycles. The molecular formula is C21H29N5OS. The van der Waals surface area contributed by atoms with E-state index in [2.05, 4.69) is 47.7 Å². The van der Waals surface area contributed by atoms with Gasteiger partial charge in [-0.3, -0.25) is 4.79 Å². The van der Waals surface area contributed by atoms with E-state index in [-0.39, 0.29) is 5.91 Å². The predicted octanol–water partition coefficient (Wildman–Crippen LogP) is 2.87. The average Bonchev–Trinajstić information content (AvgIpc) is 3.28. The molecule has 1 fully saturated rings. The molecule has 0 unspecified atom stereocenters. The van der Waals surface area contributed by atoms with Crippen molar-refractivity contribution in [2.24, 2.45) is 4.99 Å². The zero-order valence-electron chi connectivity index (χ0n) is 16.7. The quantitative estimate of drug-likeness (QED) is 0.529. The van der Waals surface area contributed by atoms with Gasteiger partial charge in [0.15, 0.2) is 5.96 Å². The number of guanidine groups is 1. The third kappa shape index (κ3) is 6.05. The van der Waals surface area contributed by atoms with Crippen LogP contribution in [0, 0.1) is 6.92 Å². The first-order valence-electron chi connectivity index (χ1n) is 9.93. The number of aryl methyl sites for hydroxylation is 1. The van der Waals surface area contributed by atoms with Crippen molar-refractivity contribution in [1.29, 1.82) is 0 Å². The lowest BCUT2D eigenvalue weighted by atomic mass is 10.1. The molecule has 7 heteroatoms. The fraction of sp³-hybridized carbons (Fsp3) is 0.476. The van der Waals surface area contributed by atoms with Crippen molar-refractivity contribution in [2.45, 2.75) is 46.2 Å². The number of aromatic nitrogens is 1. The topological polar surface area (TPSA) is 69.6 Å². The number of carbonyl (C=O) groups is 1. The van der Waals surface area contributed by atoms with Gasteiger partial charge in [0.2, 0.25) is 5.91 Å². The molecule has 2 aromatic rings. The summed E-state index contributed by atoms with van der Waals surface area (Å²) in [7, 11) is 0. The molecule has 1 aliphatic rings. The highest BCUT2D eigenvalue weighted by atomic mass is 32.1. The minimum Gasteiger partial charge on any atom is -0.357 e. The zero-order valence-corrected chi connectivity index (χ0v) is 17.5. The fourth-order valence-corrected chi connectivity index (χ4v) is 4.02. The van der Waals surface area contributed by atoms with Crippen molar-refractivity contribution < 1.29 is 4.79 Å². The van der Waals surface area contributed by atoms with Crippen molar-refractivity contribution in [3.63, 3.8) is 0 Å². The highest BCUT2D eigenvalue weighted by Gasteiger charge is 2.19. The maximum atomic E-state index is 11.8. The summed E-state index contributed by atoms with van der Waals surface area (Å²) in [4.78, 5) is 24.1. The maximum Gasteiger partial charge on any atom is 0.222 e. The number of rotatable bonds is 8. The van der Waals surface area contributed by atoms with Crippen LogP contribution in [0.1, 0.15) is 40.8 Å². The molecule has 0 bridgehead atoms. The van der Waals surface area contributed by atoms with Gasteiger partial charge in [-0.25, -0.2) is 9.98 Å². The lowest BCUT2D eigenvalue weighted by Gasteiger charge is -2.16. The number of nitrogens with one attached hydrogen (secondary N) is 2. The molecule has 3 rings (SSSR count). The van der Waals surface area contributed by atoms with E-state index in [1.807, 2.05) is 17.2 Å². The van der Waals surface area contributed by atoms with Gasteiger partial charge in [-0.1, -0.05) is 24.3 Å². The summed E-state index contributed by atoms with van der Waals surface area (Å²) in [5.74, 6) is 1.08. The van der Waals surface area contributed by atoms with Gasteiger partial charge in [0.05, 0.1) is 11.6 Å². The largest absolute Gasteiger partial charge is 0.357 e. The fourth-order valence-electron chi connectivity index (χ4n) is 3.23. The number of nitrogens with zero attached hydrogens (tertiary/aromatic N) is 3. The Labute approximate surface area is 171 Å². The molecule has 0 saturated carbocycles. The zero-order chi connectivity index (χ0) is 19.8. The molecule has 2 N–H and O–H groups in total. The Hall–Kier alpha value is -2.41. The molecule has 0 atom stereocenters. The summed E-state index contributed by atoms with van der Waals surface area (Å²) in [6.45, 7) is 7.93. The van der Waals surface area contributed by atoms with Gasteiger partial charge in [0, 0.05) is 50.1 Å². The van der Waals surface area contributed by atoms with E-state index in [0.29, 0.717) is 19.5 Å². The molecular weight excluding hydrogens is 370 g/mol. The molecule has 28 heavy (non-hydrogen) atoms. The molecule has 150 valence electrons. The number of aliphatic imine (C=N–C) groups is 1. The minimum atomic E-state index is 0.262. The first-order chi connectivity index (χ1) is 13.6. The van der Waals surface area contributed by atoms with Crippen LogP contribution in [0.4, 0.5) is 0 Å². The van der Waals surface area contributed by atoms with E-state index < -0.39 is 0 Å². The summed E-state index contributed by atoms with van der Waals surface area (Å²) < 4.78 is 0. The molecule has 2 heterocycles. The third-order valence-corrected chi connectivity index (χ3v) is 5.57. The van der Waals surface area contributed by atoms with Gasteiger partial charge >= 0.3 is 0 Å². The molecule has 1 saturated heterocycles. The van der Waals surface area contributed by atoms with E-state index in [0.717, 1.165) is 49.0 Å². The van der Waals surface area contributed by atoms with Gasteiger partial charge in [-0.15, -0.1) is 11.3 Å². The highest BCUT2D eigenvalue weighted by molar-refractivity contribution is 7.11. The second-order valence-electron chi connectivity index (χ2n) is 6.98. The van der Waals surface area contributed by atoms with Gasteiger partial charge in [-0.05, 0) is 31.4 Å². The van der Waals surface area contributed by atoms with E-state index in [1.165, 1.54) is 10.4 Å². The van der Waals surface area contributed by atoms with Crippen molar-refractivity contribution >= 4 is 23.2 Å². The third-order valence-electron chi connectivity index (χ3n) is 4.60. The van der Waals surface area contributed by atoms with Crippen LogP contribution in [0.3, 0.4) is 0 Å². The molecule has 1 aliphatic heterocycles. The molecule has 1 amide bonds. The monoisotopic (exact) mass is 399 g/mol. The standard InChI is InChI=1S/C21H29N5OS/c1-3-22-21(23-10-9-19-24-13-16(2)28-19)25-14-17-6-4-7-18(12-17)15-26-11-5-8-20(26)27/h4,6-7,12-13H,3,5,8-11,14-15H2,1-2H3,(H2,22,23,25). The van der Waals surface area contributed by atoms with Crippen molar-refractivity contribution in [1.82, 2.24) is 20.5 Å². The highest BCUT2D eigenvalue weighted by Crippen LogP contribution is 2.15. The van der Waals surface area contributed by atoms with Gasteiger partial charge in [-0.2, -0.15) is 0 Å². The number of likely N-dealkylation sites (tertiary alicyclic amines) is 1. The number of benzene rings is 1. The minimum absolute atomic E-state index is 0.262. The summed E-state index contributed by atoms with van der Waals surface area (Å²) in [6, 6.07) is 8.36. The van der Waals surface area contributed by atoms with Crippen molar-refractivity contribution in [2.75, 3.05) is 19.6 Å². The maximum absolute atomic E-state index is 11.8. The second-order valence-corrected chi connectivity index (χ2v) is 8.29. The number of carbonyl (C=O) groups excluding carboxylic acids is 1. The summed E-state index contributed by atoms with van der Waals surface area (Å²) in [6.07, 6.45) is 4.47. The van der Waals surface area contributed by atoms with Crippen LogP contribution in [0.25, 0.3) is 0 Å². The Morgan fingerprint density at radius 3 is 2.89 bits per heavy atom. The molecule has 0 aliphatic carbocycles.